The number of hydrogen-bond donors (Lipinski definition) is 1. The first-order valence-corrected chi connectivity index (χ1v) is 10.6. The van der Waals surface area contributed by atoms with Gasteiger partial charge in [-0.15, -0.1) is 0 Å². The Kier molecular flexibility index (Phi) is 7.25. The Hall–Kier alpha value is -3.67. The molecule has 0 saturated heterocycles. The molecule has 0 aliphatic rings. The van der Waals surface area contributed by atoms with Crippen molar-refractivity contribution in [2.24, 2.45) is 0 Å². The summed E-state index contributed by atoms with van der Waals surface area (Å²) < 4.78 is 7.18. The van der Waals surface area contributed by atoms with Crippen LogP contribution in [0.3, 0.4) is 0 Å². The molecular weight excluding hydrogens is 404 g/mol. The van der Waals surface area contributed by atoms with Gasteiger partial charge in [0, 0.05) is 11.8 Å². The van der Waals surface area contributed by atoms with Crippen molar-refractivity contribution in [1.29, 1.82) is 0 Å². The molecule has 0 radical (unpaired) electrons. The highest BCUT2D eigenvalue weighted by Crippen LogP contribution is 2.20. The van der Waals surface area contributed by atoms with E-state index >= 15 is 0 Å². The van der Waals surface area contributed by atoms with E-state index in [1.807, 2.05) is 48.6 Å². The summed E-state index contributed by atoms with van der Waals surface area (Å²) in [4.78, 5) is 24.1. The van der Waals surface area contributed by atoms with E-state index in [2.05, 4.69) is 12.0 Å². The van der Waals surface area contributed by atoms with Crippen LogP contribution in [0.25, 0.3) is 6.08 Å². The Bertz CT molecular complexity index is 1090. The number of aryl methyl sites for hydroxylation is 1. The highest BCUT2D eigenvalue weighted by molar-refractivity contribution is 6.07. The molecule has 0 aliphatic carbocycles. The maximum absolute atomic E-state index is 12.9. The minimum Gasteiger partial charge on any atom is -0.478 e. The first kappa shape index (κ1) is 23.0. The second kappa shape index (κ2) is 10.1. The first-order valence-electron chi connectivity index (χ1n) is 10.6. The quantitative estimate of drug-likeness (QED) is 0.455. The molecule has 0 amide bonds. The molecule has 3 aromatic rings. The molecule has 6 nitrogen and oxygen atoms in total. The molecule has 6 heteroatoms. The van der Waals surface area contributed by atoms with Crippen molar-refractivity contribution in [3.05, 3.63) is 89.3 Å². The van der Waals surface area contributed by atoms with Crippen LogP contribution < -0.4 is 4.74 Å². The van der Waals surface area contributed by atoms with Gasteiger partial charge in [0.25, 0.3) is 0 Å². The topological polar surface area (TPSA) is 81.4 Å². The lowest BCUT2D eigenvalue weighted by atomic mass is 10.0. The molecule has 1 heterocycles. The molecule has 0 aliphatic heterocycles. The summed E-state index contributed by atoms with van der Waals surface area (Å²) in [5.74, 6) is -0.594. The number of rotatable bonds is 10. The molecule has 1 aromatic heterocycles. The lowest BCUT2D eigenvalue weighted by Gasteiger charge is -2.21. The summed E-state index contributed by atoms with van der Waals surface area (Å²) >= 11 is 0. The Morgan fingerprint density at radius 1 is 1.06 bits per heavy atom. The second-order valence-electron chi connectivity index (χ2n) is 8.06. The average molecular weight is 433 g/mol. The van der Waals surface area contributed by atoms with Gasteiger partial charge < -0.3 is 9.84 Å². The van der Waals surface area contributed by atoms with E-state index in [4.69, 9.17) is 9.84 Å². The van der Waals surface area contributed by atoms with Crippen LogP contribution in [-0.2, 0) is 17.8 Å². The van der Waals surface area contributed by atoms with Gasteiger partial charge in [-0.25, -0.2) is 4.79 Å². The number of carboxylic acid groups (broad SMARTS) is 1. The van der Waals surface area contributed by atoms with Crippen LogP contribution in [0.2, 0.25) is 0 Å². The minimum atomic E-state index is -1.29. The number of nitrogens with zero attached hydrogens (tertiary/aromatic N) is 2. The number of aliphatic carboxylic acids is 1. The van der Waals surface area contributed by atoms with Crippen LogP contribution in [0.5, 0.6) is 5.75 Å². The summed E-state index contributed by atoms with van der Waals surface area (Å²) in [6.07, 6.45) is 7.54. The maximum atomic E-state index is 12.9. The Balaban J connectivity index is 1.64. The molecule has 166 valence electrons. The van der Waals surface area contributed by atoms with Crippen molar-refractivity contribution in [2.75, 3.05) is 0 Å². The summed E-state index contributed by atoms with van der Waals surface area (Å²) in [6.45, 7) is 5.59. The van der Waals surface area contributed by atoms with Gasteiger partial charge in [-0.05, 0) is 49.6 Å². The number of ketones is 1. The van der Waals surface area contributed by atoms with Crippen molar-refractivity contribution in [2.45, 2.75) is 45.8 Å². The molecule has 2 aromatic carbocycles. The van der Waals surface area contributed by atoms with E-state index in [-0.39, 0.29) is 5.78 Å². The molecule has 0 saturated carbocycles. The first-order chi connectivity index (χ1) is 15.3. The number of benzene rings is 2. The van der Waals surface area contributed by atoms with Gasteiger partial charge >= 0.3 is 5.97 Å². The van der Waals surface area contributed by atoms with Crippen molar-refractivity contribution >= 4 is 17.8 Å². The van der Waals surface area contributed by atoms with Crippen LogP contribution in [0.4, 0.5) is 0 Å². The SMILES string of the molecule is CCCc1ccc(C(=O)c2ccnn2C/C=C/c2ccc(OC(C)(C)C(=O)O)cc2)cc1. The molecule has 0 atom stereocenters. The van der Waals surface area contributed by atoms with Crippen LogP contribution in [-0.4, -0.2) is 32.2 Å². The number of aromatic nitrogens is 2. The second-order valence-corrected chi connectivity index (χ2v) is 8.06. The van der Waals surface area contributed by atoms with Gasteiger partial charge in [0.05, 0.1) is 6.54 Å². The highest BCUT2D eigenvalue weighted by Gasteiger charge is 2.29. The van der Waals surface area contributed by atoms with Crippen molar-refractivity contribution in [3.8, 4) is 5.75 Å². The molecule has 0 unspecified atom stereocenters. The van der Waals surface area contributed by atoms with Gasteiger partial charge in [-0.1, -0.05) is 61.9 Å². The Morgan fingerprint density at radius 2 is 1.75 bits per heavy atom. The minimum absolute atomic E-state index is 0.0542. The van der Waals surface area contributed by atoms with E-state index in [0.29, 0.717) is 23.6 Å². The van der Waals surface area contributed by atoms with Crippen LogP contribution in [0.1, 0.15) is 54.4 Å². The third-order valence-electron chi connectivity index (χ3n) is 5.06. The lowest BCUT2D eigenvalue weighted by Crippen LogP contribution is -2.37. The highest BCUT2D eigenvalue weighted by atomic mass is 16.5. The zero-order valence-corrected chi connectivity index (χ0v) is 18.6. The van der Waals surface area contributed by atoms with Crippen molar-refractivity contribution in [1.82, 2.24) is 9.78 Å². The van der Waals surface area contributed by atoms with Gasteiger partial charge in [0.1, 0.15) is 11.4 Å². The summed E-state index contributed by atoms with van der Waals surface area (Å²) in [5, 5.41) is 13.4. The molecule has 3 rings (SSSR count). The van der Waals surface area contributed by atoms with Crippen LogP contribution in [0, 0.1) is 0 Å². The van der Waals surface area contributed by atoms with E-state index < -0.39 is 11.6 Å². The number of hydrogen-bond acceptors (Lipinski definition) is 4. The van der Waals surface area contributed by atoms with Crippen LogP contribution in [0.15, 0.2) is 66.9 Å². The monoisotopic (exact) mass is 432 g/mol. The van der Waals surface area contributed by atoms with Gasteiger partial charge in [-0.3, -0.25) is 9.48 Å². The Morgan fingerprint density at radius 3 is 2.38 bits per heavy atom. The van der Waals surface area contributed by atoms with E-state index in [9.17, 15) is 9.59 Å². The van der Waals surface area contributed by atoms with Crippen molar-refractivity contribution < 1.29 is 19.4 Å². The zero-order valence-electron chi connectivity index (χ0n) is 18.6. The number of carboxylic acids is 1. The predicted molar refractivity (Wildman–Crippen MR) is 124 cm³/mol. The third-order valence-corrected chi connectivity index (χ3v) is 5.06. The lowest BCUT2D eigenvalue weighted by molar-refractivity contribution is -0.152. The van der Waals surface area contributed by atoms with Crippen molar-refractivity contribution in [3.63, 3.8) is 0 Å². The largest absolute Gasteiger partial charge is 0.478 e. The zero-order chi connectivity index (χ0) is 23.1. The van der Waals surface area contributed by atoms with E-state index in [1.54, 1.807) is 29.1 Å². The average Bonchev–Trinajstić information content (AvgIpc) is 3.23. The molecule has 1 N–H and O–H groups in total. The standard InChI is InChI=1S/C26H28N2O4/c1-4-6-19-8-12-21(13-9-19)24(29)23-16-17-27-28(23)18-5-7-20-10-14-22(15-11-20)32-26(2,3)25(30)31/h5,7-17H,4,6,18H2,1-3H3,(H,30,31)/b7-5+. The molecular formula is C26H28N2O4. The maximum Gasteiger partial charge on any atom is 0.347 e. The fraction of sp³-hybridized carbons (Fsp3) is 0.269. The molecule has 0 spiro atoms. The van der Waals surface area contributed by atoms with Gasteiger partial charge in [0.15, 0.2) is 5.60 Å². The number of carbonyl (C=O) groups is 2. The van der Waals surface area contributed by atoms with Gasteiger partial charge in [0.2, 0.25) is 5.78 Å². The smallest absolute Gasteiger partial charge is 0.347 e. The van der Waals surface area contributed by atoms with E-state index in [0.717, 1.165) is 18.4 Å². The van der Waals surface area contributed by atoms with Gasteiger partial charge in [-0.2, -0.15) is 5.10 Å². The summed E-state index contributed by atoms with van der Waals surface area (Å²) in [5.41, 5.74) is 2.05. The predicted octanol–water partition coefficient (Wildman–Crippen LogP) is 5.02. The number of allylic oxidation sites excluding steroid dienone is 1. The fourth-order valence-corrected chi connectivity index (χ4v) is 3.20. The third kappa shape index (κ3) is 5.72. The molecule has 0 bridgehead atoms. The normalized spacial score (nSPS) is 11.6. The van der Waals surface area contributed by atoms with Crippen LogP contribution >= 0.6 is 0 Å². The van der Waals surface area contributed by atoms with E-state index in [1.165, 1.54) is 19.4 Å². The number of carbonyl (C=O) groups excluding carboxylic acids is 1. The molecule has 32 heavy (non-hydrogen) atoms. The summed E-state index contributed by atoms with van der Waals surface area (Å²) in [7, 11) is 0. The summed E-state index contributed by atoms with van der Waals surface area (Å²) in [6, 6.07) is 16.6. The fourth-order valence-electron chi connectivity index (χ4n) is 3.20. The Labute approximate surface area is 188 Å². The number of ether oxygens (including phenoxy) is 1. The molecule has 0 fully saturated rings.